The zero-order valence-electron chi connectivity index (χ0n) is 15.5. The van der Waals surface area contributed by atoms with Crippen LogP contribution in [0.25, 0.3) is 16.3 Å². The van der Waals surface area contributed by atoms with Gasteiger partial charge in [0, 0.05) is 6.42 Å². The van der Waals surface area contributed by atoms with Crippen LogP contribution in [0.1, 0.15) is 56.2 Å². The Kier molecular flexibility index (Phi) is 3.61. The van der Waals surface area contributed by atoms with Crippen LogP contribution in [-0.4, -0.2) is 8.07 Å². The summed E-state index contributed by atoms with van der Waals surface area (Å²) in [6.45, 7) is 11.9. The Morgan fingerprint density at radius 2 is 1.62 bits per heavy atom. The van der Waals surface area contributed by atoms with Gasteiger partial charge >= 0.3 is 0 Å². The smallest absolute Gasteiger partial charge is 0.0651 e. The molecule has 1 radical (unpaired) electrons. The Balaban J connectivity index is 1.92. The van der Waals surface area contributed by atoms with Crippen LogP contribution in [0.4, 0.5) is 0 Å². The van der Waals surface area contributed by atoms with E-state index in [2.05, 4.69) is 76.7 Å². The van der Waals surface area contributed by atoms with E-state index in [0.29, 0.717) is 5.92 Å². The minimum atomic E-state index is -1.56. The molecule has 2 aromatic rings. The molecule has 1 aliphatic heterocycles. The minimum Gasteiger partial charge on any atom is -0.0651 e. The summed E-state index contributed by atoms with van der Waals surface area (Å²) in [5.74, 6) is 0.593. The monoisotopic (exact) mass is 331 g/mol. The van der Waals surface area contributed by atoms with Crippen LogP contribution in [0.15, 0.2) is 42.0 Å². The molecule has 0 atom stereocenters. The maximum absolute atomic E-state index is 2.54. The number of benzene rings is 2. The van der Waals surface area contributed by atoms with Crippen LogP contribution in [0.3, 0.4) is 0 Å². The fourth-order valence-corrected chi connectivity index (χ4v) is 8.16. The van der Waals surface area contributed by atoms with Crippen LogP contribution in [0, 0.1) is 6.42 Å². The van der Waals surface area contributed by atoms with Crippen molar-refractivity contribution in [3.05, 3.63) is 65.1 Å². The first-order valence-electron chi connectivity index (χ1n) is 9.31. The van der Waals surface area contributed by atoms with Gasteiger partial charge in [0.2, 0.25) is 0 Å². The van der Waals surface area contributed by atoms with Crippen molar-refractivity contribution in [1.29, 1.82) is 0 Å². The summed E-state index contributed by atoms with van der Waals surface area (Å²) < 4.78 is 0. The van der Waals surface area contributed by atoms with Crippen LogP contribution in [0.5, 0.6) is 0 Å². The first-order valence-corrected chi connectivity index (χ1v) is 12.3. The molecule has 0 saturated carbocycles. The van der Waals surface area contributed by atoms with Gasteiger partial charge in [0.05, 0.1) is 0 Å². The van der Waals surface area contributed by atoms with Crippen molar-refractivity contribution in [3.8, 4) is 11.1 Å². The highest BCUT2D eigenvalue weighted by atomic mass is 28.3. The van der Waals surface area contributed by atoms with E-state index in [1.165, 1.54) is 35.1 Å². The molecule has 0 saturated heterocycles. The summed E-state index contributed by atoms with van der Waals surface area (Å²) in [7, 11) is -1.56. The molecule has 2 aliphatic rings. The van der Waals surface area contributed by atoms with Gasteiger partial charge in [0.25, 0.3) is 0 Å². The standard InChI is InChI=1S/C23H27Si/c1-6-7-19-14-18-12-13-20-21(22(18)23(19)24(20,4)5)17-10-8-16(9-11-17)15(2)3/h8-15H,6-7H2,1-5H3. The molecule has 2 bridgehead atoms. The van der Waals surface area contributed by atoms with Crippen LogP contribution < -0.4 is 5.19 Å². The predicted molar refractivity (Wildman–Crippen MR) is 108 cm³/mol. The molecular weight excluding hydrogens is 304 g/mol. The van der Waals surface area contributed by atoms with E-state index in [-0.39, 0.29) is 0 Å². The molecule has 0 unspecified atom stereocenters. The highest BCUT2D eigenvalue weighted by Crippen LogP contribution is 2.50. The lowest BCUT2D eigenvalue weighted by atomic mass is 9.94. The molecule has 0 nitrogen and oxygen atoms in total. The fourth-order valence-electron chi connectivity index (χ4n) is 4.60. The molecule has 1 heterocycles. The molecule has 0 spiro atoms. The number of rotatable bonds is 4. The molecule has 0 fully saturated rings. The van der Waals surface area contributed by atoms with Crippen molar-refractivity contribution in [2.75, 3.05) is 0 Å². The molecule has 1 aliphatic carbocycles. The number of allylic oxidation sites excluding steroid dienone is 1. The Labute approximate surface area is 147 Å². The lowest BCUT2D eigenvalue weighted by Crippen LogP contribution is -2.39. The predicted octanol–water partition coefficient (Wildman–Crippen LogP) is 6.06. The van der Waals surface area contributed by atoms with Crippen molar-refractivity contribution in [2.45, 2.75) is 52.6 Å². The van der Waals surface area contributed by atoms with E-state index in [1.807, 2.05) is 0 Å². The Hall–Kier alpha value is -1.60. The second-order valence-corrected chi connectivity index (χ2v) is 12.4. The van der Waals surface area contributed by atoms with Crippen molar-refractivity contribution >= 4 is 18.5 Å². The lowest BCUT2D eigenvalue weighted by molar-refractivity contribution is 0.867. The van der Waals surface area contributed by atoms with Crippen molar-refractivity contribution < 1.29 is 0 Å². The van der Waals surface area contributed by atoms with Gasteiger partial charge in [-0.2, -0.15) is 0 Å². The van der Waals surface area contributed by atoms with Gasteiger partial charge in [-0.05, 0) is 50.5 Å². The molecule has 4 rings (SSSR count). The first kappa shape index (κ1) is 15.9. The molecular formula is C23H27Si. The van der Waals surface area contributed by atoms with E-state index >= 15 is 0 Å². The highest BCUT2D eigenvalue weighted by molar-refractivity contribution is 7.07. The largest absolute Gasteiger partial charge is 0.113 e. The average molecular weight is 332 g/mol. The highest BCUT2D eigenvalue weighted by Gasteiger charge is 2.45. The quantitative estimate of drug-likeness (QED) is 0.597. The summed E-state index contributed by atoms with van der Waals surface area (Å²) in [6.07, 6.45) is 4.93. The Bertz CT molecular complexity index is 835. The molecule has 1 heteroatoms. The van der Waals surface area contributed by atoms with Gasteiger partial charge in [-0.25, -0.2) is 0 Å². The van der Waals surface area contributed by atoms with Gasteiger partial charge in [0.15, 0.2) is 0 Å². The van der Waals surface area contributed by atoms with Gasteiger partial charge < -0.3 is 0 Å². The maximum atomic E-state index is 2.54. The molecule has 123 valence electrons. The maximum Gasteiger partial charge on any atom is 0.113 e. The van der Waals surface area contributed by atoms with Crippen molar-refractivity contribution in [2.24, 2.45) is 0 Å². The number of hydrogen-bond acceptors (Lipinski definition) is 0. The molecule has 0 aromatic heterocycles. The molecule has 24 heavy (non-hydrogen) atoms. The van der Waals surface area contributed by atoms with E-state index in [9.17, 15) is 0 Å². The van der Waals surface area contributed by atoms with Gasteiger partial charge in [-0.15, -0.1) is 0 Å². The first-order chi connectivity index (χ1) is 11.4. The van der Waals surface area contributed by atoms with Crippen LogP contribution in [-0.2, 0) is 0 Å². The van der Waals surface area contributed by atoms with Gasteiger partial charge in [-0.3, -0.25) is 0 Å². The van der Waals surface area contributed by atoms with Gasteiger partial charge in [-0.1, -0.05) is 82.3 Å². The number of fused-ring (bicyclic) bond motifs is 1. The van der Waals surface area contributed by atoms with Crippen LogP contribution in [0.2, 0.25) is 13.1 Å². The lowest BCUT2D eigenvalue weighted by Gasteiger charge is -2.21. The average Bonchev–Trinajstić information content (AvgIpc) is 2.99. The molecule has 2 aromatic carbocycles. The molecule has 0 amide bonds. The zero-order valence-corrected chi connectivity index (χ0v) is 16.5. The topological polar surface area (TPSA) is 0 Å². The number of hydrogen-bond donors (Lipinski definition) is 0. The van der Waals surface area contributed by atoms with E-state index < -0.39 is 8.07 Å². The fraction of sp³-hybridized carbons (Fsp3) is 0.348. The molecule has 0 N–H and O–H groups in total. The third-order valence-corrected chi connectivity index (χ3v) is 9.41. The van der Waals surface area contributed by atoms with E-state index in [4.69, 9.17) is 0 Å². The summed E-state index contributed by atoms with van der Waals surface area (Å²) in [4.78, 5) is 0. The SMILES string of the molecule is CCCC1=C2c3c(ccc(c3-c3ccc(C(C)C)cc3)[Si]2(C)C)[CH]1. The second kappa shape index (κ2) is 5.45. The van der Waals surface area contributed by atoms with Gasteiger partial charge in [0.1, 0.15) is 8.07 Å². The zero-order chi connectivity index (χ0) is 17.1. The summed E-state index contributed by atoms with van der Waals surface area (Å²) in [6, 6.07) is 14.1. The van der Waals surface area contributed by atoms with E-state index in [0.717, 1.165) is 0 Å². The Morgan fingerprint density at radius 1 is 0.917 bits per heavy atom. The van der Waals surface area contributed by atoms with Crippen molar-refractivity contribution in [1.82, 2.24) is 0 Å². The third kappa shape index (κ3) is 2.10. The summed E-state index contributed by atoms with van der Waals surface area (Å²) >= 11 is 0. The van der Waals surface area contributed by atoms with E-state index in [1.54, 1.807) is 21.5 Å². The second-order valence-electron chi connectivity index (χ2n) is 8.15. The summed E-state index contributed by atoms with van der Waals surface area (Å²) in [5, 5.41) is 3.36. The Morgan fingerprint density at radius 3 is 2.25 bits per heavy atom. The third-order valence-electron chi connectivity index (χ3n) is 5.82. The summed E-state index contributed by atoms with van der Waals surface area (Å²) in [5.41, 5.74) is 9.03. The van der Waals surface area contributed by atoms with Crippen LogP contribution >= 0.6 is 0 Å². The minimum absolute atomic E-state index is 0.593. The normalized spacial score (nSPS) is 17.2. The van der Waals surface area contributed by atoms with Crippen molar-refractivity contribution in [3.63, 3.8) is 0 Å².